The third-order valence-corrected chi connectivity index (χ3v) is 5.04. The molecule has 0 bridgehead atoms. The third kappa shape index (κ3) is 2.43. The number of benzene rings is 2. The SMILES string of the molecule is COc1ccc2c(c1OC)CN(N1C(=O)c3ccc(OC)c(OC)c3C1=O)C2=O. The molecule has 4 rings (SSSR count). The van der Waals surface area contributed by atoms with Crippen LogP contribution >= 0.6 is 0 Å². The summed E-state index contributed by atoms with van der Waals surface area (Å²) in [5, 5.41) is 1.93. The van der Waals surface area contributed by atoms with E-state index in [2.05, 4.69) is 0 Å². The Balaban J connectivity index is 1.78. The molecule has 0 N–H and O–H groups in total. The number of hydrazine groups is 1. The van der Waals surface area contributed by atoms with Gasteiger partial charge in [0.15, 0.2) is 23.0 Å². The summed E-state index contributed by atoms with van der Waals surface area (Å²) in [6.07, 6.45) is 0. The lowest BCUT2D eigenvalue weighted by atomic mass is 10.1. The molecular formula is C20H18N2O7. The molecule has 0 aliphatic carbocycles. The Labute approximate surface area is 166 Å². The highest BCUT2D eigenvalue weighted by Gasteiger charge is 2.47. The number of ether oxygens (including phenoxy) is 4. The molecule has 3 amide bonds. The van der Waals surface area contributed by atoms with E-state index in [-0.39, 0.29) is 23.4 Å². The maximum Gasteiger partial charge on any atom is 0.284 e. The van der Waals surface area contributed by atoms with Crippen LogP contribution in [0.4, 0.5) is 0 Å². The van der Waals surface area contributed by atoms with Gasteiger partial charge in [-0.1, -0.05) is 0 Å². The normalized spacial score (nSPS) is 14.8. The Morgan fingerprint density at radius 3 is 1.86 bits per heavy atom. The van der Waals surface area contributed by atoms with Crippen LogP contribution in [0.25, 0.3) is 0 Å². The minimum Gasteiger partial charge on any atom is -0.493 e. The summed E-state index contributed by atoms with van der Waals surface area (Å²) < 4.78 is 21.2. The fourth-order valence-corrected chi connectivity index (χ4v) is 3.72. The highest BCUT2D eigenvalue weighted by atomic mass is 16.5. The summed E-state index contributed by atoms with van der Waals surface area (Å²) in [4.78, 5) is 39.1. The second-order valence-corrected chi connectivity index (χ2v) is 6.34. The van der Waals surface area contributed by atoms with Crippen molar-refractivity contribution in [3.8, 4) is 23.0 Å². The Morgan fingerprint density at radius 1 is 0.690 bits per heavy atom. The van der Waals surface area contributed by atoms with Crippen LogP contribution in [0, 0.1) is 0 Å². The van der Waals surface area contributed by atoms with Gasteiger partial charge in [0, 0.05) is 5.56 Å². The number of hydrogen-bond donors (Lipinski definition) is 0. The molecule has 2 aromatic carbocycles. The van der Waals surface area contributed by atoms with E-state index in [4.69, 9.17) is 18.9 Å². The Hall–Kier alpha value is -3.75. The molecule has 2 aromatic rings. The molecule has 0 fully saturated rings. The number of carbonyl (C=O) groups is 3. The van der Waals surface area contributed by atoms with Gasteiger partial charge in [-0.3, -0.25) is 14.4 Å². The summed E-state index contributed by atoms with van der Waals surface area (Å²) >= 11 is 0. The second kappa shape index (κ2) is 6.69. The van der Waals surface area contributed by atoms with Crippen LogP contribution < -0.4 is 18.9 Å². The Kier molecular flexibility index (Phi) is 4.30. The van der Waals surface area contributed by atoms with Gasteiger partial charge in [0.25, 0.3) is 17.7 Å². The van der Waals surface area contributed by atoms with Gasteiger partial charge in [0.05, 0.1) is 46.1 Å². The average Bonchev–Trinajstić information content (AvgIpc) is 3.20. The third-order valence-electron chi connectivity index (χ3n) is 5.04. The second-order valence-electron chi connectivity index (χ2n) is 6.34. The lowest BCUT2D eigenvalue weighted by Gasteiger charge is -2.25. The lowest BCUT2D eigenvalue weighted by Crippen LogP contribution is -2.46. The van der Waals surface area contributed by atoms with Crippen LogP contribution in [0.15, 0.2) is 24.3 Å². The summed E-state index contributed by atoms with van der Waals surface area (Å²) in [5.74, 6) is -0.454. The molecule has 0 saturated carbocycles. The first-order valence-electron chi connectivity index (χ1n) is 8.67. The van der Waals surface area contributed by atoms with Crippen molar-refractivity contribution >= 4 is 17.7 Å². The zero-order chi connectivity index (χ0) is 20.9. The highest BCUT2D eigenvalue weighted by Crippen LogP contribution is 2.42. The molecule has 0 spiro atoms. The monoisotopic (exact) mass is 398 g/mol. The van der Waals surface area contributed by atoms with E-state index in [0.717, 1.165) is 10.0 Å². The van der Waals surface area contributed by atoms with Crippen molar-refractivity contribution in [1.82, 2.24) is 10.0 Å². The maximum absolute atomic E-state index is 13.1. The standard InChI is InChI=1S/C20H18N2O7/c1-26-13-7-5-10-12(16(13)28-3)9-21(18(10)23)22-19(24)11-6-8-14(27-2)17(29-4)15(11)20(22)25/h5-8H,9H2,1-4H3. The number of rotatable bonds is 5. The number of methoxy groups -OCH3 is 4. The van der Waals surface area contributed by atoms with E-state index < -0.39 is 17.7 Å². The number of fused-ring (bicyclic) bond motifs is 2. The molecule has 2 heterocycles. The minimum atomic E-state index is -0.659. The van der Waals surface area contributed by atoms with E-state index in [1.165, 1.54) is 34.5 Å². The molecule has 0 unspecified atom stereocenters. The minimum absolute atomic E-state index is 0.0144. The van der Waals surface area contributed by atoms with Crippen LogP contribution in [-0.4, -0.2) is 56.2 Å². The van der Waals surface area contributed by atoms with E-state index in [0.29, 0.717) is 28.4 Å². The number of imide groups is 1. The molecule has 9 heteroatoms. The highest BCUT2D eigenvalue weighted by molar-refractivity contribution is 6.23. The molecular weight excluding hydrogens is 380 g/mol. The molecule has 29 heavy (non-hydrogen) atoms. The van der Waals surface area contributed by atoms with Gasteiger partial charge in [0.1, 0.15) is 5.56 Å². The molecule has 0 radical (unpaired) electrons. The first-order valence-corrected chi connectivity index (χ1v) is 8.67. The predicted molar refractivity (Wildman–Crippen MR) is 99.5 cm³/mol. The Bertz CT molecular complexity index is 1060. The number of nitrogens with zero attached hydrogens (tertiary/aromatic N) is 2. The smallest absolute Gasteiger partial charge is 0.284 e. The van der Waals surface area contributed by atoms with Crippen LogP contribution in [0.3, 0.4) is 0 Å². The van der Waals surface area contributed by atoms with Crippen LogP contribution in [0.1, 0.15) is 36.6 Å². The topological polar surface area (TPSA) is 94.6 Å². The van der Waals surface area contributed by atoms with E-state index in [1.807, 2.05) is 0 Å². The summed E-state index contributed by atoms with van der Waals surface area (Å²) in [6.45, 7) is -0.0144. The quantitative estimate of drug-likeness (QED) is 0.710. The van der Waals surface area contributed by atoms with Gasteiger partial charge in [-0.25, -0.2) is 5.01 Å². The molecule has 0 saturated heterocycles. The summed E-state index contributed by atoms with van der Waals surface area (Å²) in [6, 6.07) is 6.21. The maximum atomic E-state index is 13.1. The van der Waals surface area contributed by atoms with E-state index in [1.54, 1.807) is 18.2 Å². The van der Waals surface area contributed by atoms with Gasteiger partial charge >= 0.3 is 0 Å². The van der Waals surface area contributed by atoms with Gasteiger partial charge < -0.3 is 18.9 Å². The number of hydrogen-bond acceptors (Lipinski definition) is 7. The van der Waals surface area contributed by atoms with E-state index >= 15 is 0 Å². The largest absolute Gasteiger partial charge is 0.493 e. The summed E-state index contributed by atoms with van der Waals surface area (Å²) in [5.41, 5.74) is 1.08. The molecule has 2 aliphatic rings. The molecule has 150 valence electrons. The zero-order valence-corrected chi connectivity index (χ0v) is 16.3. The van der Waals surface area contributed by atoms with Gasteiger partial charge in [-0.2, -0.15) is 5.01 Å². The van der Waals surface area contributed by atoms with Crippen molar-refractivity contribution in [3.05, 3.63) is 46.5 Å². The van der Waals surface area contributed by atoms with Crippen LogP contribution in [0.2, 0.25) is 0 Å². The lowest BCUT2D eigenvalue weighted by molar-refractivity contribution is 0.00465. The first-order chi connectivity index (χ1) is 14.0. The van der Waals surface area contributed by atoms with Crippen molar-refractivity contribution in [3.63, 3.8) is 0 Å². The average molecular weight is 398 g/mol. The molecule has 0 atom stereocenters. The summed E-state index contributed by atoms with van der Waals surface area (Å²) in [7, 11) is 5.77. The molecule has 9 nitrogen and oxygen atoms in total. The number of amides is 3. The fraction of sp³-hybridized carbons (Fsp3) is 0.250. The van der Waals surface area contributed by atoms with Crippen molar-refractivity contribution in [2.75, 3.05) is 28.4 Å². The van der Waals surface area contributed by atoms with Crippen molar-refractivity contribution in [2.45, 2.75) is 6.54 Å². The predicted octanol–water partition coefficient (Wildman–Crippen LogP) is 1.89. The fourth-order valence-electron chi connectivity index (χ4n) is 3.72. The first kappa shape index (κ1) is 18.6. The van der Waals surface area contributed by atoms with Crippen molar-refractivity contribution < 1.29 is 33.3 Å². The van der Waals surface area contributed by atoms with E-state index in [9.17, 15) is 14.4 Å². The van der Waals surface area contributed by atoms with Gasteiger partial charge in [0.2, 0.25) is 0 Å². The van der Waals surface area contributed by atoms with Crippen LogP contribution in [-0.2, 0) is 6.54 Å². The zero-order valence-electron chi connectivity index (χ0n) is 16.3. The van der Waals surface area contributed by atoms with Crippen molar-refractivity contribution in [2.24, 2.45) is 0 Å². The van der Waals surface area contributed by atoms with Crippen LogP contribution in [0.5, 0.6) is 23.0 Å². The van der Waals surface area contributed by atoms with Crippen molar-refractivity contribution in [1.29, 1.82) is 0 Å². The number of carbonyl (C=O) groups excluding carboxylic acids is 3. The Morgan fingerprint density at radius 2 is 1.28 bits per heavy atom. The molecule has 2 aliphatic heterocycles. The van der Waals surface area contributed by atoms with Gasteiger partial charge in [-0.05, 0) is 24.3 Å². The molecule has 0 aromatic heterocycles. The van der Waals surface area contributed by atoms with Gasteiger partial charge in [-0.15, -0.1) is 0 Å².